The number of nitrogens with zero attached hydrogens (tertiary/aromatic N) is 2. The lowest BCUT2D eigenvalue weighted by Crippen LogP contribution is -2.53. The van der Waals surface area contributed by atoms with Gasteiger partial charge >= 0.3 is 0 Å². The fourth-order valence-corrected chi connectivity index (χ4v) is 4.86. The lowest BCUT2D eigenvalue weighted by atomic mass is 10.1. The number of hydrogen-bond acceptors (Lipinski definition) is 4. The van der Waals surface area contributed by atoms with Gasteiger partial charge in [-0.2, -0.15) is 0 Å². The molecule has 0 aliphatic carbocycles. The number of carbonyl (C=O) groups is 2. The molecule has 0 saturated heterocycles. The standard InChI is InChI=1S/C26H36ClN3O4S/c1-7-19(4)28-26(32)23(8-2)29(16-21-13-10-9-12-18(21)3)25(31)17-30(35(6,33)34)24-15-11-14-22(27)20(24)5/h9-15,19,23H,7-8,16-17H2,1-6H3,(H,28,32)/t19-,23+/m1/s1. The van der Waals surface area contributed by atoms with E-state index < -0.39 is 28.5 Å². The molecule has 0 heterocycles. The summed E-state index contributed by atoms with van der Waals surface area (Å²) in [5.41, 5.74) is 2.76. The molecule has 9 heteroatoms. The summed E-state index contributed by atoms with van der Waals surface area (Å²) in [6, 6.07) is 11.8. The monoisotopic (exact) mass is 521 g/mol. The first-order valence-corrected chi connectivity index (χ1v) is 14.0. The van der Waals surface area contributed by atoms with Crippen LogP contribution in [0.3, 0.4) is 0 Å². The second-order valence-corrected chi connectivity index (χ2v) is 11.2. The van der Waals surface area contributed by atoms with Gasteiger partial charge in [0.15, 0.2) is 0 Å². The summed E-state index contributed by atoms with van der Waals surface area (Å²) >= 11 is 6.24. The SMILES string of the molecule is CC[C@@H](C)NC(=O)[C@H](CC)N(Cc1ccccc1C)C(=O)CN(c1cccc(Cl)c1C)S(C)(=O)=O. The Hall–Kier alpha value is -2.58. The molecule has 2 amide bonds. The van der Waals surface area contributed by atoms with Crippen molar-refractivity contribution in [2.45, 2.75) is 66.1 Å². The van der Waals surface area contributed by atoms with Crippen LogP contribution in [0.1, 0.15) is 50.3 Å². The normalized spacial score (nSPS) is 13.1. The van der Waals surface area contributed by atoms with E-state index in [2.05, 4.69) is 5.32 Å². The summed E-state index contributed by atoms with van der Waals surface area (Å²) in [4.78, 5) is 28.4. The van der Waals surface area contributed by atoms with Crippen LogP contribution in [0.15, 0.2) is 42.5 Å². The van der Waals surface area contributed by atoms with Crippen molar-refractivity contribution >= 4 is 39.1 Å². The number of halogens is 1. The van der Waals surface area contributed by atoms with Gasteiger partial charge < -0.3 is 10.2 Å². The van der Waals surface area contributed by atoms with Crippen LogP contribution in [0, 0.1) is 13.8 Å². The molecular weight excluding hydrogens is 486 g/mol. The number of benzene rings is 2. The van der Waals surface area contributed by atoms with Crippen LogP contribution in [-0.4, -0.2) is 50.0 Å². The number of nitrogens with one attached hydrogen (secondary N) is 1. The molecule has 0 spiro atoms. The van der Waals surface area contributed by atoms with Crippen molar-refractivity contribution in [2.75, 3.05) is 17.1 Å². The third-order valence-electron chi connectivity index (χ3n) is 6.18. The highest BCUT2D eigenvalue weighted by Crippen LogP contribution is 2.28. The minimum absolute atomic E-state index is 0.0476. The average molecular weight is 522 g/mol. The minimum Gasteiger partial charge on any atom is -0.352 e. The number of sulfonamides is 1. The van der Waals surface area contributed by atoms with E-state index in [1.807, 2.05) is 52.0 Å². The zero-order valence-corrected chi connectivity index (χ0v) is 22.9. The van der Waals surface area contributed by atoms with Crippen LogP contribution in [-0.2, 0) is 26.2 Å². The van der Waals surface area contributed by atoms with Gasteiger partial charge in [0.25, 0.3) is 0 Å². The summed E-state index contributed by atoms with van der Waals surface area (Å²) in [6.07, 6.45) is 2.19. The predicted molar refractivity (Wildman–Crippen MR) is 142 cm³/mol. The van der Waals surface area contributed by atoms with Crippen molar-refractivity contribution in [3.63, 3.8) is 0 Å². The molecular formula is C26H36ClN3O4S. The maximum Gasteiger partial charge on any atom is 0.244 e. The van der Waals surface area contributed by atoms with Gasteiger partial charge in [-0.1, -0.05) is 55.8 Å². The first kappa shape index (κ1) is 28.7. The van der Waals surface area contributed by atoms with Crippen molar-refractivity contribution < 1.29 is 18.0 Å². The van der Waals surface area contributed by atoms with Crippen LogP contribution in [0.2, 0.25) is 5.02 Å². The Balaban J connectivity index is 2.50. The molecule has 0 aliphatic heterocycles. The zero-order valence-electron chi connectivity index (χ0n) is 21.3. The number of anilines is 1. The lowest BCUT2D eigenvalue weighted by molar-refractivity contribution is -0.140. The van der Waals surface area contributed by atoms with Gasteiger partial charge in [-0.15, -0.1) is 0 Å². The smallest absolute Gasteiger partial charge is 0.244 e. The molecule has 0 aliphatic rings. The summed E-state index contributed by atoms with van der Waals surface area (Å²) < 4.78 is 26.6. The Morgan fingerprint density at radius 3 is 2.26 bits per heavy atom. The molecule has 2 aromatic rings. The second-order valence-electron chi connectivity index (χ2n) is 8.84. The number of rotatable bonds is 11. The molecule has 7 nitrogen and oxygen atoms in total. The van der Waals surface area contributed by atoms with Gasteiger partial charge in [-0.3, -0.25) is 13.9 Å². The van der Waals surface area contributed by atoms with E-state index in [0.29, 0.717) is 22.7 Å². The van der Waals surface area contributed by atoms with E-state index in [9.17, 15) is 18.0 Å². The molecule has 0 aromatic heterocycles. The van der Waals surface area contributed by atoms with Crippen molar-refractivity contribution in [3.05, 3.63) is 64.2 Å². The minimum atomic E-state index is -3.82. The molecule has 1 N–H and O–H groups in total. The van der Waals surface area contributed by atoms with Crippen LogP contribution in [0.5, 0.6) is 0 Å². The lowest BCUT2D eigenvalue weighted by Gasteiger charge is -2.34. The molecule has 0 bridgehead atoms. The number of amides is 2. The van der Waals surface area contributed by atoms with Crippen molar-refractivity contribution in [1.82, 2.24) is 10.2 Å². The summed E-state index contributed by atoms with van der Waals surface area (Å²) in [6.45, 7) is 9.11. The summed E-state index contributed by atoms with van der Waals surface area (Å²) in [7, 11) is -3.82. The van der Waals surface area contributed by atoms with Crippen molar-refractivity contribution in [3.8, 4) is 0 Å². The maximum atomic E-state index is 13.8. The second kappa shape index (κ2) is 12.4. The fourth-order valence-electron chi connectivity index (χ4n) is 3.79. The van der Waals surface area contributed by atoms with Crippen LogP contribution in [0.4, 0.5) is 5.69 Å². The molecule has 35 heavy (non-hydrogen) atoms. The largest absolute Gasteiger partial charge is 0.352 e. The van der Waals surface area contributed by atoms with Crippen LogP contribution in [0.25, 0.3) is 0 Å². The van der Waals surface area contributed by atoms with E-state index in [1.54, 1.807) is 25.1 Å². The topological polar surface area (TPSA) is 86.8 Å². The van der Waals surface area contributed by atoms with Gasteiger partial charge in [-0.05, 0) is 62.4 Å². The zero-order chi connectivity index (χ0) is 26.3. The van der Waals surface area contributed by atoms with E-state index in [1.165, 1.54) is 4.90 Å². The number of carbonyl (C=O) groups excluding carboxylic acids is 2. The Morgan fingerprint density at radius 1 is 1.03 bits per heavy atom. The summed E-state index contributed by atoms with van der Waals surface area (Å²) in [5, 5.41) is 3.37. The molecule has 2 rings (SSSR count). The molecule has 0 fully saturated rings. The highest BCUT2D eigenvalue weighted by atomic mass is 35.5. The highest BCUT2D eigenvalue weighted by Gasteiger charge is 2.32. The van der Waals surface area contributed by atoms with Gasteiger partial charge in [0.1, 0.15) is 12.6 Å². The predicted octanol–water partition coefficient (Wildman–Crippen LogP) is 4.44. The van der Waals surface area contributed by atoms with E-state index in [4.69, 9.17) is 11.6 Å². The molecule has 0 radical (unpaired) electrons. The molecule has 2 atom stereocenters. The summed E-state index contributed by atoms with van der Waals surface area (Å²) in [5.74, 6) is -0.724. The Morgan fingerprint density at radius 2 is 1.69 bits per heavy atom. The fraction of sp³-hybridized carbons (Fsp3) is 0.462. The third kappa shape index (κ3) is 7.45. The quantitative estimate of drug-likeness (QED) is 0.473. The third-order valence-corrected chi connectivity index (χ3v) is 7.71. The first-order valence-electron chi connectivity index (χ1n) is 11.8. The van der Waals surface area contributed by atoms with Gasteiger partial charge in [0.05, 0.1) is 11.9 Å². The van der Waals surface area contributed by atoms with Gasteiger partial charge in [-0.25, -0.2) is 8.42 Å². The Labute approximate surface area is 214 Å². The van der Waals surface area contributed by atoms with E-state index in [0.717, 1.165) is 28.1 Å². The highest BCUT2D eigenvalue weighted by molar-refractivity contribution is 7.92. The number of hydrogen-bond donors (Lipinski definition) is 1. The maximum absolute atomic E-state index is 13.8. The van der Waals surface area contributed by atoms with E-state index >= 15 is 0 Å². The Bertz CT molecular complexity index is 1150. The Kier molecular flexibility index (Phi) is 10.2. The molecule has 0 unspecified atom stereocenters. The molecule has 2 aromatic carbocycles. The number of aryl methyl sites for hydroxylation is 1. The first-order chi connectivity index (χ1) is 16.4. The molecule has 192 valence electrons. The molecule has 0 saturated carbocycles. The van der Waals surface area contributed by atoms with Crippen LogP contribution < -0.4 is 9.62 Å². The van der Waals surface area contributed by atoms with Gasteiger partial charge in [0.2, 0.25) is 21.8 Å². The van der Waals surface area contributed by atoms with Gasteiger partial charge in [0, 0.05) is 17.6 Å². The van der Waals surface area contributed by atoms with Crippen LogP contribution >= 0.6 is 11.6 Å². The van der Waals surface area contributed by atoms with E-state index in [-0.39, 0.29) is 18.5 Å². The average Bonchev–Trinajstić information content (AvgIpc) is 2.79. The van der Waals surface area contributed by atoms with Crippen molar-refractivity contribution in [2.24, 2.45) is 0 Å². The van der Waals surface area contributed by atoms with Crippen molar-refractivity contribution in [1.29, 1.82) is 0 Å².